The Balaban J connectivity index is 1.54. The zero-order valence-corrected chi connectivity index (χ0v) is 20.0. The average Bonchev–Trinajstić information content (AvgIpc) is 2.83. The van der Waals surface area contributed by atoms with Gasteiger partial charge in [0, 0.05) is 24.0 Å². The minimum Gasteiger partial charge on any atom is -0.497 e. The Morgan fingerprint density at radius 1 is 1.16 bits per heavy atom. The van der Waals surface area contributed by atoms with Crippen LogP contribution in [0.4, 0.5) is 0 Å². The number of methoxy groups -OCH3 is 1. The van der Waals surface area contributed by atoms with Crippen LogP contribution in [0, 0.1) is 11.8 Å². The van der Waals surface area contributed by atoms with Crippen LogP contribution in [-0.2, 0) is 6.42 Å². The largest absolute Gasteiger partial charge is 0.497 e. The summed E-state index contributed by atoms with van der Waals surface area (Å²) in [5.74, 6) is 1.50. The Labute approximate surface area is 193 Å². The molecule has 2 N–H and O–H groups in total. The number of fused-ring (bicyclic) bond motifs is 1. The van der Waals surface area contributed by atoms with E-state index in [2.05, 4.69) is 28.9 Å². The van der Waals surface area contributed by atoms with E-state index in [-0.39, 0.29) is 12.5 Å². The highest BCUT2D eigenvalue weighted by molar-refractivity contribution is 5.83. The van der Waals surface area contributed by atoms with E-state index in [1.807, 2.05) is 18.3 Å². The second-order valence-corrected chi connectivity index (χ2v) is 9.42. The molecule has 1 aliphatic rings. The number of hydrogen-bond acceptors (Lipinski definition) is 5. The normalized spacial score (nSPS) is 20.5. The van der Waals surface area contributed by atoms with E-state index in [1.54, 1.807) is 7.11 Å². The third-order valence-corrected chi connectivity index (χ3v) is 7.21. The first-order chi connectivity index (χ1) is 15.7. The van der Waals surface area contributed by atoms with Gasteiger partial charge < -0.3 is 19.8 Å². The van der Waals surface area contributed by atoms with E-state index in [0.717, 1.165) is 62.0 Å². The monoisotopic (exact) mass is 442 g/mol. The van der Waals surface area contributed by atoms with E-state index in [4.69, 9.17) is 4.74 Å². The number of ether oxygens (including phenoxy) is 1. The van der Waals surface area contributed by atoms with E-state index in [0.29, 0.717) is 5.92 Å². The van der Waals surface area contributed by atoms with Gasteiger partial charge in [-0.05, 0) is 80.9 Å². The van der Waals surface area contributed by atoms with E-state index < -0.39 is 6.10 Å². The minimum absolute atomic E-state index is 0.139. The van der Waals surface area contributed by atoms with Crippen molar-refractivity contribution in [2.24, 2.45) is 11.8 Å². The van der Waals surface area contributed by atoms with E-state index in [9.17, 15) is 10.2 Å². The number of likely N-dealkylation sites (tertiary alicyclic amines) is 1. The number of nitrogens with zero attached hydrogens (tertiary/aromatic N) is 2. The van der Waals surface area contributed by atoms with Crippen molar-refractivity contribution >= 4 is 10.9 Å². The summed E-state index contributed by atoms with van der Waals surface area (Å²) < 4.78 is 5.40. The maximum atomic E-state index is 10.5. The lowest BCUT2D eigenvalue weighted by Gasteiger charge is -2.40. The van der Waals surface area contributed by atoms with Gasteiger partial charge >= 0.3 is 0 Å². The number of hydrogen-bond donors (Lipinski definition) is 2. The van der Waals surface area contributed by atoms with Gasteiger partial charge in [-0.25, -0.2) is 0 Å². The third kappa shape index (κ3) is 6.90. The van der Waals surface area contributed by atoms with Crippen molar-refractivity contribution in [1.29, 1.82) is 0 Å². The molecule has 0 radical (unpaired) electrons. The summed E-state index contributed by atoms with van der Waals surface area (Å²) in [7, 11) is 1.70. The standard InChI is InChI=1S/C27H42N2O3/c1-3-4-5-6-7-16-29-17-14-22(25(19-29)27(31)20-30)10-8-9-21-13-15-28-26-12-11-23(32-2)18-24(21)26/h11-13,15,18,22,25,27,30-31H,3-10,14,16-17,19-20H2,1-2H3/t22-,25+,27?/m1/s1. The zero-order valence-electron chi connectivity index (χ0n) is 20.0. The summed E-state index contributed by atoms with van der Waals surface area (Å²) >= 11 is 0. The first kappa shape index (κ1) is 24.9. The number of aryl methyl sites for hydroxylation is 1. The fourth-order valence-corrected chi connectivity index (χ4v) is 5.25. The molecular weight excluding hydrogens is 400 g/mol. The van der Waals surface area contributed by atoms with Crippen LogP contribution in [0.2, 0.25) is 0 Å². The molecule has 0 spiro atoms. The van der Waals surface area contributed by atoms with Gasteiger partial charge in [0.15, 0.2) is 0 Å². The lowest BCUT2D eigenvalue weighted by atomic mass is 9.78. The van der Waals surface area contributed by atoms with Crippen LogP contribution in [0.5, 0.6) is 5.75 Å². The molecular formula is C27H42N2O3. The summed E-state index contributed by atoms with van der Waals surface area (Å²) in [5.41, 5.74) is 2.31. The number of piperidine rings is 1. The van der Waals surface area contributed by atoms with Crippen molar-refractivity contribution < 1.29 is 14.9 Å². The highest BCUT2D eigenvalue weighted by Crippen LogP contribution is 2.32. The van der Waals surface area contributed by atoms with Gasteiger partial charge in [-0.2, -0.15) is 0 Å². The second-order valence-electron chi connectivity index (χ2n) is 9.42. The highest BCUT2D eigenvalue weighted by Gasteiger charge is 2.33. The fraction of sp³-hybridized carbons (Fsp3) is 0.667. The molecule has 1 fully saturated rings. The molecule has 3 rings (SSSR count). The van der Waals surface area contributed by atoms with Gasteiger partial charge in [0.25, 0.3) is 0 Å². The molecule has 1 unspecified atom stereocenters. The number of unbranched alkanes of at least 4 members (excludes halogenated alkanes) is 4. The molecule has 1 saturated heterocycles. The Morgan fingerprint density at radius 2 is 2.00 bits per heavy atom. The molecule has 1 aliphatic heterocycles. The van der Waals surface area contributed by atoms with Gasteiger partial charge in [0.2, 0.25) is 0 Å². The topological polar surface area (TPSA) is 65.8 Å². The van der Waals surface area contributed by atoms with Crippen molar-refractivity contribution in [3.8, 4) is 5.75 Å². The van der Waals surface area contributed by atoms with Crippen LogP contribution in [0.1, 0.15) is 63.9 Å². The summed E-state index contributed by atoms with van der Waals surface area (Å²) in [6.07, 6.45) is 12.0. The predicted molar refractivity (Wildman–Crippen MR) is 131 cm³/mol. The molecule has 1 aromatic heterocycles. The SMILES string of the molecule is CCCCCCCN1CC[C@@H](CCCc2ccnc3ccc(OC)cc23)[C@@H](C(O)CO)C1. The molecule has 0 bridgehead atoms. The number of rotatable bonds is 13. The Kier molecular flexibility index (Phi) is 10.2. The molecule has 178 valence electrons. The molecule has 2 heterocycles. The van der Waals surface area contributed by atoms with Crippen LogP contribution in [0.15, 0.2) is 30.5 Å². The molecule has 0 aliphatic carbocycles. The molecule has 3 atom stereocenters. The predicted octanol–water partition coefficient (Wildman–Crippen LogP) is 4.83. The van der Waals surface area contributed by atoms with Crippen molar-refractivity contribution in [3.05, 3.63) is 36.0 Å². The van der Waals surface area contributed by atoms with Crippen LogP contribution in [0.25, 0.3) is 10.9 Å². The maximum absolute atomic E-state index is 10.5. The van der Waals surface area contributed by atoms with Crippen molar-refractivity contribution in [2.45, 2.75) is 70.8 Å². The third-order valence-electron chi connectivity index (χ3n) is 7.21. The maximum Gasteiger partial charge on any atom is 0.119 e. The van der Waals surface area contributed by atoms with Crippen molar-refractivity contribution in [2.75, 3.05) is 33.4 Å². The Hall–Kier alpha value is -1.69. The Bertz CT molecular complexity index is 813. The van der Waals surface area contributed by atoms with Crippen LogP contribution in [-0.4, -0.2) is 59.6 Å². The highest BCUT2D eigenvalue weighted by atomic mass is 16.5. The first-order valence-corrected chi connectivity index (χ1v) is 12.6. The molecule has 2 aromatic rings. The number of aliphatic hydroxyl groups is 2. The molecule has 0 amide bonds. The summed E-state index contributed by atoms with van der Waals surface area (Å²) in [6, 6.07) is 8.17. The van der Waals surface area contributed by atoms with E-state index in [1.165, 1.54) is 37.7 Å². The van der Waals surface area contributed by atoms with Gasteiger partial charge in [-0.1, -0.05) is 32.6 Å². The smallest absolute Gasteiger partial charge is 0.119 e. The van der Waals surface area contributed by atoms with Crippen LogP contribution >= 0.6 is 0 Å². The van der Waals surface area contributed by atoms with Gasteiger partial charge in [-0.3, -0.25) is 4.98 Å². The molecule has 32 heavy (non-hydrogen) atoms. The summed E-state index contributed by atoms with van der Waals surface area (Å²) in [4.78, 5) is 7.00. The summed E-state index contributed by atoms with van der Waals surface area (Å²) in [6.45, 7) is 5.26. The lowest BCUT2D eigenvalue weighted by molar-refractivity contribution is -0.0191. The average molecular weight is 443 g/mol. The quantitative estimate of drug-likeness (QED) is 0.435. The fourth-order valence-electron chi connectivity index (χ4n) is 5.25. The zero-order chi connectivity index (χ0) is 22.8. The van der Waals surface area contributed by atoms with Crippen molar-refractivity contribution in [3.63, 3.8) is 0 Å². The minimum atomic E-state index is -0.617. The number of pyridine rings is 1. The summed E-state index contributed by atoms with van der Waals surface area (Å²) in [5, 5.41) is 21.3. The second kappa shape index (κ2) is 13.1. The molecule has 1 aromatic carbocycles. The first-order valence-electron chi connectivity index (χ1n) is 12.6. The van der Waals surface area contributed by atoms with Crippen LogP contribution < -0.4 is 4.74 Å². The number of aliphatic hydroxyl groups excluding tert-OH is 2. The van der Waals surface area contributed by atoms with E-state index >= 15 is 0 Å². The van der Waals surface area contributed by atoms with Crippen LogP contribution in [0.3, 0.4) is 0 Å². The van der Waals surface area contributed by atoms with Crippen molar-refractivity contribution in [1.82, 2.24) is 9.88 Å². The van der Waals surface area contributed by atoms with Gasteiger partial charge in [0.1, 0.15) is 5.75 Å². The Morgan fingerprint density at radius 3 is 2.78 bits per heavy atom. The lowest BCUT2D eigenvalue weighted by Crippen LogP contribution is -2.46. The van der Waals surface area contributed by atoms with Gasteiger partial charge in [-0.15, -0.1) is 0 Å². The number of benzene rings is 1. The molecule has 0 saturated carbocycles. The van der Waals surface area contributed by atoms with Gasteiger partial charge in [0.05, 0.1) is 25.3 Å². The molecule has 5 nitrogen and oxygen atoms in total. The molecule has 5 heteroatoms. The number of aromatic nitrogens is 1.